The summed E-state index contributed by atoms with van der Waals surface area (Å²) in [6.45, 7) is 2.15. The van der Waals surface area contributed by atoms with E-state index in [0.29, 0.717) is 12.0 Å². The number of hydrogen-bond acceptors (Lipinski definition) is 5. The minimum Gasteiger partial charge on any atom is -0.507 e. The zero-order valence-electron chi connectivity index (χ0n) is 17.8. The lowest BCUT2D eigenvalue weighted by Gasteiger charge is -2.44. The third kappa shape index (κ3) is 3.77. The van der Waals surface area contributed by atoms with E-state index in [1.54, 1.807) is 13.2 Å². The normalized spacial score (nSPS) is 24.9. The van der Waals surface area contributed by atoms with E-state index in [4.69, 9.17) is 4.74 Å². The van der Waals surface area contributed by atoms with Crippen molar-refractivity contribution >= 4 is 5.82 Å². The van der Waals surface area contributed by atoms with Gasteiger partial charge in [-0.05, 0) is 82.1 Å². The van der Waals surface area contributed by atoms with Gasteiger partial charge in [0.15, 0.2) is 5.82 Å². The van der Waals surface area contributed by atoms with Crippen LogP contribution in [-0.4, -0.2) is 34.1 Å². The number of aromatic hydroxyl groups is 1. The maximum atomic E-state index is 10.7. The smallest absolute Gasteiger partial charge is 0.152 e. The van der Waals surface area contributed by atoms with E-state index in [-0.39, 0.29) is 11.4 Å². The minimum absolute atomic E-state index is 0.0268. The van der Waals surface area contributed by atoms with Crippen LogP contribution in [-0.2, 0) is 17.6 Å². The number of aromatic nitrogens is 2. The summed E-state index contributed by atoms with van der Waals surface area (Å²) in [4.78, 5) is 0. The largest absolute Gasteiger partial charge is 0.507 e. The molecule has 3 aliphatic carbocycles. The fourth-order valence-electron chi connectivity index (χ4n) is 4.65. The quantitative estimate of drug-likeness (QED) is 0.738. The standard InChI is InChI=1S/C25H29N3O2/c1-25(30-2)14-18(15-25)26-24-20-6-4-3-5-19(20)23(27-28-24)21-12-11-17(13-22(21)29)10-9-16-7-8-16/h11-13,16,18,29H,3-8,14-15H2,1-2H3,(H,26,28). The van der Waals surface area contributed by atoms with E-state index in [9.17, 15) is 5.11 Å². The first-order valence-corrected chi connectivity index (χ1v) is 11.1. The maximum absolute atomic E-state index is 10.7. The van der Waals surface area contributed by atoms with Crippen LogP contribution in [0.15, 0.2) is 18.2 Å². The van der Waals surface area contributed by atoms with E-state index in [0.717, 1.165) is 61.2 Å². The van der Waals surface area contributed by atoms with Crippen LogP contribution in [0.4, 0.5) is 5.82 Å². The van der Waals surface area contributed by atoms with Crippen molar-refractivity contribution in [2.45, 2.75) is 69.9 Å². The van der Waals surface area contributed by atoms with E-state index >= 15 is 0 Å². The number of nitrogens with one attached hydrogen (secondary N) is 1. The highest BCUT2D eigenvalue weighted by atomic mass is 16.5. The molecular formula is C25H29N3O2. The molecule has 2 N–H and O–H groups in total. The molecule has 156 valence electrons. The minimum atomic E-state index is -0.0268. The van der Waals surface area contributed by atoms with Crippen molar-refractivity contribution in [2.75, 3.05) is 12.4 Å². The fourth-order valence-corrected chi connectivity index (χ4v) is 4.65. The molecule has 1 heterocycles. The van der Waals surface area contributed by atoms with E-state index in [1.807, 2.05) is 12.1 Å². The number of methoxy groups -OCH3 is 1. The summed E-state index contributed by atoms with van der Waals surface area (Å²) in [5.41, 5.74) is 4.87. The number of ether oxygens (including phenoxy) is 1. The predicted molar refractivity (Wildman–Crippen MR) is 117 cm³/mol. The number of anilines is 1. The van der Waals surface area contributed by atoms with Crippen molar-refractivity contribution in [1.29, 1.82) is 0 Å². The molecule has 5 heteroatoms. The van der Waals surface area contributed by atoms with Gasteiger partial charge < -0.3 is 15.2 Å². The van der Waals surface area contributed by atoms with Gasteiger partial charge in [0.05, 0.1) is 5.60 Å². The Morgan fingerprint density at radius 3 is 2.60 bits per heavy atom. The van der Waals surface area contributed by atoms with Gasteiger partial charge in [-0.1, -0.05) is 11.8 Å². The number of benzene rings is 1. The molecule has 3 aliphatic rings. The first-order chi connectivity index (χ1) is 14.5. The molecular weight excluding hydrogens is 374 g/mol. The number of phenols is 1. The topological polar surface area (TPSA) is 67.3 Å². The summed E-state index contributed by atoms with van der Waals surface area (Å²) in [5.74, 6) is 8.11. The van der Waals surface area contributed by atoms with E-state index < -0.39 is 0 Å². The van der Waals surface area contributed by atoms with Crippen LogP contribution in [0.25, 0.3) is 11.3 Å². The molecule has 0 atom stereocenters. The van der Waals surface area contributed by atoms with Gasteiger partial charge in [0, 0.05) is 35.8 Å². The van der Waals surface area contributed by atoms with Crippen molar-refractivity contribution in [3.8, 4) is 28.8 Å². The second-order valence-corrected chi connectivity index (χ2v) is 9.24. The van der Waals surface area contributed by atoms with Crippen molar-refractivity contribution in [3.05, 3.63) is 34.9 Å². The summed E-state index contributed by atoms with van der Waals surface area (Å²) in [6, 6.07) is 6.05. The summed E-state index contributed by atoms with van der Waals surface area (Å²) in [5, 5.41) is 23.4. The van der Waals surface area contributed by atoms with Crippen LogP contribution >= 0.6 is 0 Å². The number of hydrogen-bond donors (Lipinski definition) is 2. The first kappa shape index (κ1) is 19.4. The number of fused-ring (bicyclic) bond motifs is 1. The molecule has 0 aliphatic heterocycles. The van der Waals surface area contributed by atoms with Gasteiger partial charge in [-0.25, -0.2) is 0 Å². The molecule has 0 saturated heterocycles. The second kappa shape index (κ2) is 7.59. The highest BCUT2D eigenvalue weighted by Gasteiger charge is 2.41. The molecule has 5 nitrogen and oxygen atoms in total. The van der Waals surface area contributed by atoms with Crippen LogP contribution in [0.5, 0.6) is 5.75 Å². The van der Waals surface area contributed by atoms with Crippen molar-refractivity contribution in [2.24, 2.45) is 5.92 Å². The Balaban J connectivity index is 1.43. The molecule has 0 spiro atoms. The maximum Gasteiger partial charge on any atom is 0.152 e. The molecule has 0 amide bonds. The third-order valence-electron chi connectivity index (χ3n) is 6.73. The summed E-state index contributed by atoms with van der Waals surface area (Å²) in [7, 11) is 1.78. The molecule has 30 heavy (non-hydrogen) atoms. The molecule has 2 saturated carbocycles. The monoisotopic (exact) mass is 403 g/mol. The van der Waals surface area contributed by atoms with Gasteiger partial charge >= 0.3 is 0 Å². The van der Waals surface area contributed by atoms with Crippen LogP contribution in [0.3, 0.4) is 0 Å². The molecule has 1 aromatic carbocycles. The third-order valence-corrected chi connectivity index (χ3v) is 6.73. The van der Waals surface area contributed by atoms with Gasteiger partial charge in [0.2, 0.25) is 0 Å². The molecule has 5 rings (SSSR count). The predicted octanol–water partition coefficient (Wildman–Crippen LogP) is 4.47. The lowest BCUT2D eigenvalue weighted by Crippen LogP contribution is -2.50. The lowest BCUT2D eigenvalue weighted by molar-refractivity contribution is -0.0625. The van der Waals surface area contributed by atoms with Gasteiger partial charge in [0.25, 0.3) is 0 Å². The Labute approximate surface area is 178 Å². The SMILES string of the molecule is COC1(C)CC(Nc2nnc(-c3ccc(C#CC4CC4)cc3O)c3c2CCCC3)C1. The number of rotatable bonds is 4. The number of phenolic OH excluding ortho intramolecular Hbond substituents is 1. The summed E-state index contributed by atoms with van der Waals surface area (Å²) >= 11 is 0. The van der Waals surface area contributed by atoms with Crippen molar-refractivity contribution in [3.63, 3.8) is 0 Å². The van der Waals surface area contributed by atoms with Gasteiger partial charge in [-0.2, -0.15) is 0 Å². The van der Waals surface area contributed by atoms with Gasteiger partial charge in [-0.3, -0.25) is 0 Å². The van der Waals surface area contributed by atoms with Crippen molar-refractivity contribution in [1.82, 2.24) is 10.2 Å². The molecule has 2 fully saturated rings. The second-order valence-electron chi connectivity index (χ2n) is 9.24. The average molecular weight is 404 g/mol. The Bertz CT molecular complexity index is 1030. The Kier molecular flexibility index (Phi) is 4.91. The zero-order valence-corrected chi connectivity index (χ0v) is 17.8. The number of nitrogens with zero attached hydrogens (tertiary/aromatic N) is 2. The Morgan fingerprint density at radius 2 is 1.90 bits per heavy atom. The fraction of sp³-hybridized carbons (Fsp3) is 0.520. The van der Waals surface area contributed by atoms with E-state index in [1.165, 1.54) is 24.0 Å². The molecule has 1 aromatic heterocycles. The molecule has 0 radical (unpaired) electrons. The lowest BCUT2D eigenvalue weighted by atomic mass is 9.77. The van der Waals surface area contributed by atoms with Gasteiger partial charge in [0.1, 0.15) is 11.4 Å². The van der Waals surface area contributed by atoms with Crippen LogP contribution in [0.2, 0.25) is 0 Å². The average Bonchev–Trinajstić information content (AvgIpc) is 3.56. The molecule has 0 unspecified atom stereocenters. The van der Waals surface area contributed by atoms with Gasteiger partial charge in [-0.15, -0.1) is 10.2 Å². The van der Waals surface area contributed by atoms with Crippen LogP contribution in [0, 0.1) is 17.8 Å². The highest BCUT2D eigenvalue weighted by molar-refractivity contribution is 5.73. The van der Waals surface area contributed by atoms with Crippen LogP contribution < -0.4 is 5.32 Å². The Hall–Kier alpha value is -2.58. The van der Waals surface area contributed by atoms with E-state index in [2.05, 4.69) is 34.3 Å². The Morgan fingerprint density at radius 1 is 1.13 bits per heavy atom. The summed E-state index contributed by atoms with van der Waals surface area (Å²) in [6.07, 6.45) is 8.63. The summed E-state index contributed by atoms with van der Waals surface area (Å²) < 4.78 is 5.57. The van der Waals surface area contributed by atoms with Crippen molar-refractivity contribution < 1.29 is 9.84 Å². The molecule has 0 bridgehead atoms. The first-order valence-electron chi connectivity index (χ1n) is 11.1. The van der Waals surface area contributed by atoms with Crippen LogP contribution in [0.1, 0.15) is 62.1 Å². The highest BCUT2D eigenvalue weighted by Crippen LogP contribution is 2.40. The zero-order chi connectivity index (χ0) is 20.7. The molecule has 2 aromatic rings.